The van der Waals surface area contributed by atoms with Crippen LogP contribution in [0, 0.1) is 34.5 Å². The maximum absolute atomic E-state index is 13.0. The largest absolute Gasteiger partial charge is 0.295 e. The number of hydrogen-bond donors (Lipinski definition) is 0. The van der Waals surface area contributed by atoms with Gasteiger partial charge in [0.15, 0.2) is 11.6 Å². The van der Waals surface area contributed by atoms with E-state index in [1.54, 1.807) is 11.6 Å². The minimum absolute atomic E-state index is 0.0526. The van der Waals surface area contributed by atoms with Crippen molar-refractivity contribution in [2.75, 3.05) is 0 Å². The van der Waals surface area contributed by atoms with Gasteiger partial charge < -0.3 is 0 Å². The third-order valence-corrected chi connectivity index (χ3v) is 8.79. The number of Topliss-reactive ketones (excluding diaryl/α,β-unsaturated/α-hetero) is 1. The predicted molar refractivity (Wildman–Crippen MR) is 100 cm³/mol. The van der Waals surface area contributed by atoms with Crippen LogP contribution in [-0.4, -0.2) is 11.6 Å². The zero-order chi connectivity index (χ0) is 18.0. The number of carbonyl (C=O) groups is 2. The van der Waals surface area contributed by atoms with Crippen LogP contribution in [-0.2, 0) is 9.59 Å². The smallest absolute Gasteiger partial charge is 0.159 e. The van der Waals surface area contributed by atoms with Gasteiger partial charge in [0.2, 0.25) is 0 Å². The average Bonchev–Trinajstić information content (AvgIpc) is 2.93. The molecule has 3 fully saturated rings. The van der Waals surface area contributed by atoms with E-state index in [-0.39, 0.29) is 17.0 Å². The third kappa shape index (κ3) is 2.28. The molecule has 0 amide bonds. The van der Waals surface area contributed by atoms with E-state index in [1.165, 1.54) is 25.7 Å². The van der Waals surface area contributed by atoms with Gasteiger partial charge >= 0.3 is 0 Å². The van der Waals surface area contributed by atoms with Crippen molar-refractivity contribution >= 4 is 11.6 Å². The lowest BCUT2D eigenvalue weighted by Gasteiger charge is -2.57. The molecule has 0 spiro atoms. The summed E-state index contributed by atoms with van der Waals surface area (Å²) in [5.41, 5.74) is 2.72. The minimum Gasteiger partial charge on any atom is -0.295 e. The molecule has 0 radical (unpaired) electrons. The van der Waals surface area contributed by atoms with Crippen LogP contribution in [0.25, 0.3) is 0 Å². The first-order valence-electron chi connectivity index (χ1n) is 10.2. The SMILES string of the molecule is C/C=C(\C)[C@H]1CC[C@H]2[C@@H]3CC(=O)C4=CC(=O)CC[C@]4(C)[C@H]3CC[C@]12C. The number of rotatable bonds is 1. The summed E-state index contributed by atoms with van der Waals surface area (Å²) >= 11 is 0. The van der Waals surface area contributed by atoms with Crippen LogP contribution in [0.2, 0.25) is 0 Å². The first-order chi connectivity index (χ1) is 11.8. The molecule has 0 unspecified atom stereocenters. The van der Waals surface area contributed by atoms with Crippen molar-refractivity contribution in [3.8, 4) is 0 Å². The molecule has 136 valence electrons. The van der Waals surface area contributed by atoms with Gasteiger partial charge in [-0.2, -0.15) is 0 Å². The first kappa shape index (κ1) is 17.2. The van der Waals surface area contributed by atoms with E-state index in [0.29, 0.717) is 41.9 Å². The number of hydrogen-bond acceptors (Lipinski definition) is 2. The Balaban J connectivity index is 1.71. The average molecular weight is 341 g/mol. The lowest BCUT2D eigenvalue weighted by Crippen LogP contribution is -2.52. The topological polar surface area (TPSA) is 34.1 Å². The minimum atomic E-state index is -0.0526. The lowest BCUT2D eigenvalue weighted by atomic mass is 9.46. The van der Waals surface area contributed by atoms with Crippen LogP contribution in [0.4, 0.5) is 0 Å². The predicted octanol–water partition coefficient (Wildman–Crippen LogP) is 5.28. The molecule has 4 aliphatic rings. The van der Waals surface area contributed by atoms with Crippen molar-refractivity contribution in [2.24, 2.45) is 34.5 Å². The van der Waals surface area contributed by atoms with Gasteiger partial charge in [0.1, 0.15) is 0 Å². The molecule has 2 heteroatoms. The molecular formula is C23H32O2. The highest BCUT2D eigenvalue weighted by atomic mass is 16.1. The molecule has 0 aromatic heterocycles. The van der Waals surface area contributed by atoms with Crippen LogP contribution in [0.3, 0.4) is 0 Å². The van der Waals surface area contributed by atoms with Gasteiger partial charge in [0.05, 0.1) is 0 Å². The molecule has 2 nitrogen and oxygen atoms in total. The van der Waals surface area contributed by atoms with E-state index < -0.39 is 0 Å². The number of allylic oxidation sites excluding steroid dienone is 3. The van der Waals surface area contributed by atoms with E-state index in [4.69, 9.17) is 0 Å². The van der Waals surface area contributed by atoms with Crippen molar-refractivity contribution in [1.29, 1.82) is 0 Å². The molecule has 0 saturated heterocycles. The Kier molecular flexibility index (Phi) is 3.90. The second-order valence-electron chi connectivity index (χ2n) is 9.65. The summed E-state index contributed by atoms with van der Waals surface area (Å²) < 4.78 is 0. The summed E-state index contributed by atoms with van der Waals surface area (Å²) in [5.74, 6) is 2.91. The van der Waals surface area contributed by atoms with Crippen molar-refractivity contribution in [3.63, 3.8) is 0 Å². The molecule has 4 aliphatic carbocycles. The molecule has 0 aliphatic heterocycles. The van der Waals surface area contributed by atoms with Crippen molar-refractivity contribution in [1.82, 2.24) is 0 Å². The Hall–Kier alpha value is -1.18. The summed E-state index contributed by atoms with van der Waals surface area (Å²) in [6, 6.07) is 0. The van der Waals surface area contributed by atoms with E-state index >= 15 is 0 Å². The van der Waals surface area contributed by atoms with Gasteiger partial charge in [0.25, 0.3) is 0 Å². The Bertz CT molecular complexity index is 684. The highest BCUT2D eigenvalue weighted by molar-refractivity contribution is 6.05. The second-order valence-corrected chi connectivity index (χ2v) is 9.65. The fourth-order valence-corrected chi connectivity index (χ4v) is 7.34. The van der Waals surface area contributed by atoms with E-state index in [0.717, 1.165) is 12.0 Å². The standard InChI is InChI=1S/C23H32O2/c1-5-14(2)17-6-7-18-16-13-21(25)20-12-15(24)8-10-23(20,4)19(16)9-11-22(17,18)3/h5,12,16-19H,6-11,13H2,1-4H3/b14-5+/t16-,17+,18-,19-,22+,23+/m0/s1. The first-order valence-corrected chi connectivity index (χ1v) is 10.2. The monoisotopic (exact) mass is 340 g/mol. The zero-order valence-corrected chi connectivity index (χ0v) is 16.2. The molecule has 25 heavy (non-hydrogen) atoms. The van der Waals surface area contributed by atoms with Crippen molar-refractivity contribution < 1.29 is 9.59 Å². The molecule has 0 aromatic carbocycles. The Morgan fingerprint density at radius 2 is 1.88 bits per heavy atom. The summed E-state index contributed by atoms with van der Waals surface area (Å²) in [6.45, 7) is 9.25. The third-order valence-electron chi connectivity index (χ3n) is 8.79. The van der Waals surface area contributed by atoms with Crippen LogP contribution >= 0.6 is 0 Å². The highest BCUT2D eigenvalue weighted by Gasteiger charge is 2.60. The van der Waals surface area contributed by atoms with Gasteiger partial charge in [0, 0.05) is 18.4 Å². The van der Waals surface area contributed by atoms with Gasteiger partial charge in [-0.05, 0) is 86.5 Å². The van der Waals surface area contributed by atoms with Crippen LogP contribution < -0.4 is 0 Å². The van der Waals surface area contributed by atoms with Crippen molar-refractivity contribution in [2.45, 2.75) is 72.6 Å². The van der Waals surface area contributed by atoms with Crippen LogP contribution in [0.5, 0.6) is 0 Å². The molecule has 3 saturated carbocycles. The van der Waals surface area contributed by atoms with E-state index in [1.807, 2.05) is 0 Å². The Morgan fingerprint density at radius 3 is 2.60 bits per heavy atom. The van der Waals surface area contributed by atoms with Gasteiger partial charge in [-0.15, -0.1) is 0 Å². The Morgan fingerprint density at radius 1 is 1.12 bits per heavy atom. The summed E-state index contributed by atoms with van der Waals surface area (Å²) in [7, 11) is 0. The van der Waals surface area contributed by atoms with Crippen LogP contribution in [0.15, 0.2) is 23.3 Å². The maximum atomic E-state index is 13.0. The van der Waals surface area contributed by atoms with Crippen LogP contribution in [0.1, 0.15) is 72.6 Å². The van der Waals surface area contributed by atoms with Gasteiger partial charge in [-0.3, -0.25) is 9.59 Å². The zero-order valence-electron chi connectivity index (χ0n) is 16.2. The summed E-state index contributed by atoms with van der Waals surface area (Å²) in [6.07, 6.45) is 11.2. The number of carbonyl (C=O) groups excluding carboxylic acids is 2. The van der Waals surface area contributed by atoms with Gasteiger partial charge in [-0.1, -0.05) is 25.5 Å². The van der Waals surface area contributed by atoms with Crippen molar-refractivity contribution in [3.05, 3.63) is 23.3 Å². The number of ketones is 2. The summed E-state index contributed by atoms with van der Waals surface area (Å²) in [4.78, 5) is 24.9. The lowest BCUT2D eigenvalue weighted by molar-refractivity contribution is -0.131. The fourth-order valence-electron chi connectivity index (χ4n) is 7.34. The molecule has 6 atom stereocenters. The molecule has 0 heterocycles. The second kappa shape index (κ2) is 5.66. The van der Waals surface area contributed by atoms with Gasteiger partial charge in [-0.25, -0.2) is 0 Å². The van der Waals surface area contributed by atoms with E-state index in [2.05, 4.69) is 33.8 Å². The maximum Gasteiger partial charge on any atom is 0.159 e. The number of fused-ring (bicyclic) bond motifs is 5. The Labute approximate surface area is 152 Å². The quantitative estimate of drug-likeness (QED) is 0.609. The molecule has 4 rings (SSSR count). The molecule has 0 aromatic rings. The molecule has 0 bridgehead atoms. The fraction of sp³-hybridized carbons (Fsp3) is 0.739. The molecular weight excluding hydrogens is 308 g/mol. The summed E-state index contributed by atoms with van der Waals surface area (Å²) in [5, 5.41) is 0. The van der Waals surface area contributed by atoms with E-state index in [9.17, 15) is 9.59 Å². The normalized spacial score (nSPS) is 47.0. The molecule has 0 N–H and O–H groups in total. The highest BCUT2D eigenvalue weighted by Crippen LogP contribution is 2.66.